The second kappa shape index (κ2) is 4.94. The Balaban J connectivity index is 1.95. The lowest BCUT2D eigenvalue weighted by molar-refractivity contribution is -0.0122. The van der Waals surface area contributed by atoms with Crippen molar-refractivity contribution in [2.24, 2.45) is 0 Å². The number of amides is 1. The predicted molar refractivity (Wildman–Crippen MR) is 77.9 cm³/mol. The fourth-order valence-electron chi connectivity index (χ4n) is 2.52. The van der Waals surface area contributed by atoms with Gasteiger partial charge in [0.25, 0.3) is 5.91 Å². The van der Waals surface area contributed by atoms with Gasteiger partial charge in [0.1, 0.15) is 0 Å². The number of thiophene rings is 1. The number of ether oxygens (including phenoxy) is 1. The minimum atomic E-state index is 0.132. The Morgan fingerprint density at radius 2 is 2.21 bits per heavy atom. The van der Waals surface area contributed by atoms with Crippen molar-refractivity contribution in [2.45, 2.75) is 20.0 Å². The number of benzene rings is 1. The van der Waals surface area contributed by atoms with E-state index in [4.69, 9.17) is 4.74 Å². The summed E-state index contributed by atoms with van der Waals surface area (Å²) in [5, 5.41) is 1.19. The summed E-state index contributed by atoms with van der Waals surface area (Å²) in [5.74, 6) is 0.147. The van der Waals surface area contributed by atoms with E-state index < -0.39 is 0 Å². The van der Waals surface area contributed by atoms with E-state index in [0.717, 1.165) is 10.4 Å². The molecule has 0 N–H and O–H groups in total. The van der Waals surface area contributed by atoms with Crippen LogP contribution in [0.3, 0.4) is 0 Å². The lowest BCUT2D eigenvalue weighted by Gasteiger charge is -2.31. The zero-order valence-electron chi connectivity index (χ0n) is 11.2. The Kier molecular flexibility index (Phi) is 3.29. The van der Waals surface area contributed by atoms with Gasteiger partial charge in [-0.05, 0) is 30.9 Å². The Morgan fingerprint density at radius 1 is 1.42 bits per heavy atom. The molecule has 0 radical (unpaired) electrons. The molecule has 0 spiro atoms. The minimum absolute atomic E-state index is 0.132. The van der Waals surface area contributed by atoms with Gasteiger partial charge in [-0.1, -0.05) is 18.2 Å². The van der Waals surface area contributed by atoms with E-state index in [1.807, 2.05) is 30.9 Å². The highest BCUT2D eigenvalue weighted by Gasteiger charge is 2.25. The Bertz CT molecular complexity index is 620. The number of carbonyl (C=O) groups excluding carboxylic acids is 1. The maximum atomic E-state index is 12.6. The molecule has 100 valence electrons. The molecule has 1 aliphatic rings. The van der Waals surface area contributed by atoms with Crippen LogP contribution in [-0.4, -0.2) is 36.6 Å². The van der Waals surface area contributed by atoms with Gasteiger partial charge in [-0.2, -0.15) is 0 Å². The first kappa shape index (κ1) is 12.6. The number of morpholine rings is 1. The molecule has 1 aromatic heterocycles. The molecule has 1 amide bonds. The Labute approximate surface area is 116 Å². The SMILES string of the molecule is Cc1c(C(=O)N2CCOC(C)C2)sc2ccccc12. The lowest BCUT2D eigenvalue weighted by Crippen LogP contribution is -2.44. The molecule has 1 fully saturated rings. The summed E-state index contributed by atoms with van der Waals surface area (Å²) in [6.45, 7) is 6.06. The quantitative estimate of drug-likeness (QED) is 0.800. The fraction of sp³-hybridized carbons (Fsp3) is 0.400. The summed E-state index contributed by atoms with van der Waals surface area (Å²) in [6, 6.07) is 8.20. The van der Waals surface area contributed by atoms with E-state index in [-0.39, 0.29) is 12.0 Å². The first-order chi connectivity index (χ1) is 9.16. The number of rotatable bonds is 1. The van der Waals surface area contributed by atoms with Crippen LogP contribution in [0.4, 0.5) is 0 Å². The second-order valence-corrected chi connectivity index (χ2v) is 6.04. The molecule has 0 saturated carbocycles. The van der Waals surface area contributed by atoms with E-state index in [2.05, 4.69) is 12.1 Å². The highest BCUT2D eigenvalue weighted by molar-refractivity contribution is 7.21. The van der Waals surface area contributed by atoms with Gasteiger partial charge in [-0.15, -0.1) is 11.3 Å². The van der Waals surface area contributed by atoms with Crippen LogP contribution in [0, 0.1) is 6.92 Å². The van der Waals surface area contributed by atoms with E-state index in [9.17, 15) is 4.79 Å². The van der Waals surface area contributed by atoms with E-state index >= 15 is 0 Å². The highest BCUT2D eigenvalue weighted by Crippen LogP contribution is 2.31. The number of aryl methyl sites for hydroxylation is 1. The van der Waals surface area contributed by atoms with Crippen LogP contribution < -0.4 is 0 Å². The standard InChI is InChI=1S/C15H17NO2S/c1-10-9-16(7-8-18-10)15(17)14-11(2)12-5-3-4-6-13(12)19-14/h3-6,10H,7-9H2,1-2H3. The molecule has 19 heavy (non-hydrogen) atoms. The number of carbonyl (C=O) groups is 1. The lowest BCUT2D eigenvalue weighted by atomic mass is 10.1. The summed E-state index contributed by atoms with van der Waals surface area (Å²) >= 11 is 1.59. The van der Waals surface area contributed by atoms with Crippen molar-refractivity contribution in [2.75, 3.05) is 19.7 Å². The smallest absolute Gasteiger partial charge is 0.264 e. The van der Waals surface area contributed by atoms with Crippen LogP contribution in [0.15, 0.2) is 24.3 Å². The minimum Gasteiger partial charge on any atom is -0.375 e. The monoisotopic (exact) mass is 275 g/mol. The van der Waals surface area contributed by atoms with Gasteiger partial charge in [0.05, 0.1) is 17.6 Å². The normalized spacial score (nSPS) is 19.9. The van der Waals surface area contributed by atoms with Gasteiger partial charge in [0, 0.05) is 17.8 Å². The molecule has 1 saturated heterocycles. The molecule has 4 heteroatoms. The van der Waals surface area contributed by atoms with Gasteiger partial charge >= 0.3 is 0 Å². The molecule has 2 heterocycles. The topological polar surface area (TPSA) is 29.5 Å². The largest absolute Gasteiger partial charge is 0.375 e. The highest BCUT2D eigenvalue weighted by atomic mass is 32.1. The number of nitrogens with zero attached hydrogens (tertiary/aromatic N) is 1. The first-order valence-electron chi connectivity index (χ1n) is 6.56. The third-order valence-corrected chi connectivity index (χ3v) is 4.83. The van der Waals surface area contributed by atoms with Crippen molar-refractivity contribution in [3.8, 4) is 0 Å². The predicted octanol–water partition coefficient (Wildman–Crippen LogP) is 3.07. The van der Waals surface area contributed by atoms with Crippen LogP contribution in [0.25, 0.3) is 10.1 Å². The van der Waals surface area contributed by atoms with E-state index in [1.165, 1.54) is 10.1 Å². The average Bonchev–Trinajstić information content (AvgIpc) is 2.76. The third kappa shape index (κ3) is 2.26. The fourth-order valence-corrected chi connectivity index (χ4v) is 3.70. The molecule has 1 aromatic carbocycles. The van der Waals surface area contributed by atoms with Gasteiger partial charge in [-0.3, -0.25) is 4.79 Å². The third-order valence-electron chi connectivity index (χ3n) is 3.57. The zero-order valence-corrected chi connectivity index (χ0v) is 12.0. The zero-order chi connectivity index (χ0) is 13.4. The summed E-state index contributed by atoms with van der Waals surface area (Å²) in [4.78, 5) is 15.4. The molecule has 0 bridgehead atoms. The molecule has 3 rings (SSSR count). The van der Waals surface area contributed by atoms with Gasteiger partial charge < -0.3 is 9.64 Å². The van der Waals surface area contributed by atoms with Gasteiger partial charge in [-0.25, -0.2) is 0 Å². The first-order valence-corrected chi connectivity index (χ1v) is 7.37. The molecule has 2 aromatic rings. The molecular weight excluding hydrogens is 258 g/mol. The summed E-state index contributed by atoms with van der Waals surface area (Å²) in [6.07, 6.45) is 0.132. The van der Waals surface area contributed by atoms with Crippen LogP contribution in [0.2, 0.25) is 0 Å². The van der Waals surface area contributed by atoms with Crippen molar-refractivity contribution >= 4 is 27.3 Å². The van der Waals surface area contributed by atoms with Gasteiger partial charge in [0.15, 0.2) is 0 Å². The molecule has 1 aliphatic heterocycles. The maximum Gasteiger partial charge on any atom is 0.264 e. The maximum absolute atomic E-state index is 12.6. The van der Waals surface area contributed by atoms with Crippen molar-refractivity contribution in [3.63, 3.8) is 0 Å². The average molecular weight is 275 g/mol. The van der Waals surface area contributed by atoms with Crippen molar-refractivity contribution in [1.29, 1.82) is 0 Å². The number of hydrogen-bond acceptors (Lipinski definition) is 3. The number of hydrogen-bond donors (Lipinski definition) is 0. The summed E-state index contributed by atoms with van der Waals surface area (Å²) < 4.78 is 6.68. The van der Waals surface area contributed by atoms with Crippen molar-refractivity contribution in [1.82, 2.24) is 4.90 Å². The molecular formula is C15H17NO2S. The Morgan fingerprint density at radius 3 is 2.95 bits per heavy atom. The molecule has 0 aliphatic carbocycles. The van der Waals surface area contributed by atoms with E-state index in [1.54, 1.807) is 11.3 Å². The number of fused-ring (bicyclic) bond motifs is 1. The van der Waals surface area contributed by atoms with Crippen molar-refractivity contribution < 1.29 is 9.53 Å². The van der Waals surface area contributed by atoms with Crippen LogP contribution in [0.5, 0.6) is 0 Å². The Hall–Kier alpha value is -1.39. The van der Waals surface area contributed by atoms with Crippen LogP contribution >= 0.6 is 11.3 Å². The van der Waals surface area contributed by atoms with Crippen LogP contribution in [-0.2, 0) is 4.74 Å². The molecule has 3 nitrogen and oxygen atoms in total. The molecule has 1 unspecified atom stereocenters. The van der Waals surface area contributed by atoms with Crippen LogP contribution in [0.1, 0.15) is 22.2 Å². The molecule has 1 atom stereocenters. The van der Waals surface area contributed by atoms with Gasteiger partial charge in [0.2, 0.25) is 0 Å². The second-order valence-electron chi connectivity index (χ2n) is 4.98. The van der Waals surface area contributed by atoms with E-state index in [0.29, 0.717) is 19.7 Å². The van der Waals surface area contributed by atoms with Crippen molar-refractivity contribution in [3.05, 3.63) is 34.7 Å². The summed E-state index contributed by atoms with van der Waals surface area (Å²) in [5.41, 5.74) is 1.10. The summed E-state index contributed by atoms with van der Waals surface area (Å²) in [7, 11) is 0.